The maximum Gasteiger partial charge on any atom is 0.128 e. The summed E-state index contributed by atoms with van der Waals surface area (Å²) in [6.07, 6.45) is 5.03. The summed E-state index contributed by atoms with van der Waals surface area (Å²) in [4.78, 5) is 4.17. The van der Waals surface area contributed by atoms with Crippen LogP contribution in [0, 0.1) is 0 Å². The van der Waals surface area contributed by atoms with Crippen LogP contribution >= 0.6 is 0 Å². The minimum absolute atomic E-state index is 0.114. The van der Waals surface area contributed by atoms with Crippen molar-refractivity contribution in [2.45, 2.75) is 45.3 Å². The van der Waals surface area contributed by atoms with Crippen LogP contribution in [0.25, 0.3) is 0 Å². The second-order valence-electron chi connectivity index (χ2n) is 4.47. The molecule has 0 fully saturated rings. The number of nitrogens with two attached hydrogens (primary N) is 1. The summed E-state index contributed by atoms with van der Waals surface area (Å²) in [7, 11) is 1.76. The van der Waals surface area contributed by atoms with E-state index in [1.54, 1.807) is 13.3 Å². The molecule has 0 aliphatic heterocycles. The van der Waals surface area contributed by atoms with Crippen LogP contribution in [-0.4, -0.2) is 24.7 Å². The van der Waals surface area contributed by atoms with E-state index in [9.17, 15) is 0 Å². The summed E-state index contributed by atoms with van der Waals surface area (Å²) in [6, 6.07) is 4.06. The fourth-order valence-electron chi connectivity index (χ4n) is 2.14. The van der Waals surface area contributed by atoms with Gasteiger partial charge in [0.2, 0.25) is 0 Å². The molecule has 18 heavy (non-hydrogen) atoms. The molecule has 2 unspecified atom stereocenters. The molecule has 0 aromatic carbocycles. The highest BCUT2D eigenvalue weighted by molar-refractivity contribution is 5.41. The average molecular weight is 251 g/mol. The van der Waals surface area contributed by atoms with Crippen LogP contribution in [0.1, 0.15) is 44.7 Å². The van der Waals surface area contributed by atoms with E-state index in [1.807, 2.05) is 12.1 Å². The summed E-state index contributed by atoms with van der Waals surface area (Å²) in [5.74, 6) is 0.587. The molecule has 4 heteroatoms. The van der Waals surface area contributed by atoms with E-state index in [1.165, 1.54) is 0 Å². The van der Waals surface area contributed by atoms with E-state index in [0.717, 1.165) is 31.4 Å². The van der Waals surface area contributed by atoms with Crippen LogP contribution in [0.3, 0.4) is 0 Å². The largest absolute Gasteiger partial charge is 0.383 e. The Balaban J connectivity index is 2.92. The van der Waals surface area contributed by atoms with Crippen molar-refractivity contribution in [3.8, 4) is 0 Å². The van der Waals surface area contributed by atoms with Crippen molar-refractivity contribution in [2.24, 2.45) is 0 Å². The highest BCUT2D eigenvalue weighted by atomic mass is 16.5. The summed E-state index contributed by atoms with van der Waals surface area (Å²) >= 11 is 0. The molecule has 0 amide bonds. The van der Waals surface area contributed by atoms with Gasteiger partial charge in [-0.25, -0.2) is 4.98 Å². The number of methoxy groups -OCH3 is 1. The second kappa shape index (κ2) is 8.06. The van der Waals surface area contributed by atoms with Crippen molar-refractivity contribution in [1.82, 2.24) is 10.3 Å². The number of anilines is 1. The van der Waals surface area contributed by atoms with Crippen molar-refractivity contribution in [3.63, 3.8) is 0 Å². The molecule has 1 rings (SSSR count). The zero-order valence-corrected chi connectivity index (χ0v) is 11.6. The quantitative estimate of drug-likeness (QED) is 0.745. The van der Waals surface area contributed by atoms with Crippen LogP contribution in [0.5, 0.6) is 0 Å². The van der Waals surface area contributed by atoms with Gasteiger partial charge in [-0.05, 0) is 25.5 Å². The van der Waals surface area contributed by atoms with Gasteiger partial charge in [0.05, 0.1) is 12.1 Å². The first kappa shape index (κ1) is 14.9. The molecule has 1 aromatic rings. The van der Waals surface area contributed by atoms with Gasteiger partial charge in [-0.1, -0.05) is 26.3 Å². The molecular weight excluding hydrogens is 226 g/mol. The summed E-state index contributed by atoms with van der Waals surface area (Å²) in [5, 5.41) is 3.52. The molecule has 1 heterocycles. The molecule has 0 radical (unpaired) electrons. The lowest BCUT2D eigenvalue weighted by molar-refractivity contribution is 0.0607. The molecule has 0 spiro atoms. The highest BCUT2D eigenvalue weighted by Crippen LogP contribution is 2.25. The molecule has 0 bridgehead atoms. The van der Waals surface area contributed by atoms with Gasteiger partial charge in [-0.15, -0.1) is 0 Å². The van der Waals surface area contributed by atoms with Crippen LogP contribution < -0.4 is 11.1 Å². The summed E-state index contributed by atoms with van der Waals surface area (Å²) in [5.41, 5.74) is 7.01. The molecule has 102 valence electrons. The lowest BCUT2D eigenvalue weighted by Gasteiger charge is -2.27. The SMILES string of the molecule is CCCNC(c1cccnc1N)C(CCC)OC. The Bertz CT molecular complexity index is 344. The number of nitrogens with one attached hydrogen (secondary N) is 1. The monoisotopic (exact) mass is 251 g/mol. The minimum atomic E-state index is 0.114. The van der Waals surface area contributed by atoms with Gasteiger partial charge in [0.1, 0.15) is 5.82 Å². The molecule has 0 aliphatic rings. The molecule has 4 nitrogen and oxygen atoms in total. The standard InChI is InChI=1S/C14H25N3O/c1-4-7-12(18-3)13(16-9-5-2)11-8-6-10-17-14(11)15/h6,8,10,12-13,16H,4-5,7,9H2,1-3H3,(H2,15,17). The molecule has 0 saturated heterocycles. The molecule has 3 N–H and O–H groups in total. The first-order valence-electron chi connectivity index (χ1n) is 6.71. The summed E-state index contributed by atoms with van der Waals surface area (Å²) < 4.78 is 5.61. The van der Waals surface area contributed by atoms with Gasteiger partial charge in [-0.2, -0.15) is 0 Å². The summed E-state index contributed by atoms with van der Waals surface area (Å²) in [6.45, 7) is 5.26. The third kappa shape index (κ3) is 3.96. The number of ether oxygens (including phenoxy) is 1. The topological polar surface area (TPSA) is 60.2 Å². The van der Waals surface area contributed by atoms with E-state index >= 15 is 0 Å². The minimum Gasteiger partial charge on any atom is -0.383 e. The Hall–Kier alpha value is -1.13. The Morgan fingerprint density at radius 3 is 2.72 bits per heavy atom. The number of aromatic nitrogens is 1. The number of hydrogen-bond acceptors (Lipinski definition) is 4. The Labute approximate surface area is 110 Å². The van der Waals surface area contributed by atoms with Gasteiger partial charge in [0.15, 0.2) is 0 Å². The highest BCUT2D eigenvalue weighted by Gasteiger charge is 2.23. The fourth-order valence-corrected chi connectivity index (χ4v) is 2.14. The maximum absolute atomic E-state index is 5.98. The van der Waals surface area contributed by atoms with E-state index in [2.05, 4.69) is 24.1 Å². The first-order valence-corrected chi connectivity index (χ1v) is 6.71. The predicted octanol–water partition coefficient (Wildman–Crippen LogP) is 2.52. The predicted molar refractivity (Wildman–Crippen MR) is 75.4 cm³/mol. The van der Waals surface area contributed by atoms with Gasteiger partial charge in [0.25, 0.3) is 0 Å². The van der Waals surface area contributed by atoms with Crippen LogP contribution in [0.15, 0.2) is 18.3 Å². The van der Waals surface area contributed by atoms with Crippen molar-refractivity contribution >= 4 is 5.82 Å². The Morgan fingerprint density at radius 1 is 1.39 bits per heavy atom. The van der Waals surface area contributed by atoms with Gasteiger partial charge >= 0.3 is 0 Å². The van der Waals surface area contributed by atoms with E-state index in [-0.39, 0.29) is 12.1 Å². The van der Waals surface area contributed by atoms with Gasteiger partial charge in [-0.3, -0.25) is 0 Å². The normalized spacial score (nSPS) is 14.4. The Morgan fingerprint density at radius 2 is 2.17 bits per heavy atom. The van der Waals surface area contributed by atoms with Gasteiger partial charge in [0, 0.05) is 18.9 Å². The molecule has 0 saturated carbocycles. The van der Waals surface area contributed by atoms with Crippen molar-refractivity contribution in [1.29, 1.82) is 0 Å². The fraction of sp³-hybridized carbons (Fsp3) is 0.643. The average Bonchev–Trinajstić information content (AvgIpc) is 2.39. The zero-order valence-electron chi connectivity index (χ0n) is 11.6. The smallest absolute Gasteiger partial charge is 0.128 e. The number of nitrogens with zero attached hydrogens (tertiary/aromatic N) is 1. The molecule has 2 atom stereocenters. The Kier molecular flexibility index (Phi) is 6.68. The van der Waals surface area contributed by atoms with E-state index in [0.29, 0.717) is 5.82 Å². The lowest BCUT2D eigenvalue weighted by Crippen LogP contribution is -2.34. The third-order valence-corrected chi connectivity index (χ3v) is 3.07. The van der Waals surface area contributed by atoms with Crippen molar-refractivity contribution in [2.75, 3.05) is 19.4 Å². The molecule has 0 aliphatic carbocycles. The third-order valence-electron chi connectivity index (χ3n) is 3.07. The van der Waals surface area contributed by atoms with Crippen LogP contribution in [0.2, 0.25) is 0 Å². The molecular formula is C14H25N3O. The lowest BCUT2D eigenvalue weighted by atomic mass is 9.98. The van der Waals surface area contributed by atoms with Crippen LogP contribution in [0.4, 0.5) is 5.82 Å². The number of hydrogen-bond donors (Lipinski definition) is 2. The van der Waals surface area contributed by atoms with Gasteiger partial charge < -0.3 is 15.8 Å². The second-order valence-corrected chi connectivity index (χ2v) is 4.47. The van der Waals surface area contributed by atoms with Crippen molar-refractivity contribution < 1.29 is 4.74 Å². The van der Waals surface area contributed by atoms with Crippen molar-refractivity contribution in [3.05, 3.63) is 23.9 Å². The van der Waals surface area contributed by atoms with E-state index < -0.39 is 0 Å². The van der Waals surface area contributed by atoms with E-state index in [4.69, 9.17) is 10.5 Å². The zero-order chi connectivity index (χ0) is 13.4. The van der Waals surface area contributed by atoms with Crippen LogP contribution in [-0.2, 0) is 4.74 Å². The number of pyridine rings is 1. The maximum atomic E-state index is 5.98. The molecule has 1 aromatic heterocycles. The first-order chi connectivity index (χ1) is 8.74. The number of rotatable bonds is 8. The number of nitrogen functional groups attached to an aromatic ring is 1.